The Morgan fingerprint density at radius 3 is 2.39 bits per heavy atom. The molecule has 2 heterocycles. The number of ether oxygens (including phenoxy) is 1. The van der Waals surface area contributed by atoms with Crippen LogP contribution in [0.2, 0.25) is 0 Å². The molecule has 0 aliphatic carbocycles. The SMILES string of the molecule is CCOC(=O)C[C@H](NC(=O)C[C@H](NCc1ccc2c(n1)NCCC2)c1cccc(F)c1)c1cccc(F)c1. The van der Waals surface area contributed by atoms with Crippen LogP contribution in [0.1, 0.15) is 60.7 Å². The lowest BCUT2D eigenvalue weighted by atomic mass is 10.0. The Labute approximate surface area is 221 Å². The standard InChI is InChI=1S/C29H32F2N4O3/c1-2-38-28(37)17-26(21-7-4-10-23(31)15-21)35-27(36)16-25(20-6-3-9-22(30)14-20)33-18-24-12-11-19-8-5-13-32-29(19)34-24/h3-4,6-7,9-12,14-15,25-26,33H,2,5,8,13,16-18H2,1H3,(H,32,34)(H,35,36)/t25-,26-/m0/s1. The van der Waals surface area contributed by atoms with Crippen LogP contribution >= 0.6 is 0 Å². The van der Waals surface area contributed by atoms with E-state index in [2.05, 4.69) is 20.9 Å². The maximum absolute atomic E-state index is 14.1. The zero-order valence-corrected chi connectivity index (χ0v) is 21.3. The van der Waals surface area contributed by atoms with Crippen LogP contribution in [0.4, 0.5) is 14.6 Å². The highest BCUT2D eigenvalue weighted by Gasteiger charge is 2.23. The molecule has 0 saturated carbocycles. The number of carbonyl (C=O) groups excluding carboxylic acids is 2. The second-order valence-corrected chi connectivity index (χ2v) is 9.22. The number of anilines is 1. The smallest absolute Gasteiger partial charge is 0.308 e. The van der Waals surface area contributed by atoms with E-state index in [0.717, 1.165) is 30.9 Å². The molecule has 1 aliphatic heterocycles. The summed E-state index contributed by atoms with van der Waals surface area (Å²) in [7, 11) is 0. The lowest BCUT2D eigenvalue weighted by molar-refractivity contribution is -0.143. The summed E-state index contributed by atoms with van der Waals surface area (Å²) in [5, 5.41) is 9.48. The Kier molecular flexibility index (Phi) is 9.37. The molecule has 4 rings (SSSR count). The first-order valence-electron chi connectivity index (χ1n) is 12.8. The van der Waals surface area contributed by atoms with E-state index in [0.29, 0.717) is 17.7 Å². The molecule has 0 bridgehead atoms. The summed E-state index contributed by atoms with van der Waals surface area (Å²) in [5.41, 5.74) is 3.02. The first-order chi connectivity index (χ1) is 18.4. The monoisotopic (exact) mass is 522 g/mol. The number of pyridine rings is 1. The highest BCUT2D eigenvalue weighted by atomic mass is 19.1. The molecular weight excluding hydrogens is 490 g/mol. The second-order valence-electron chi connectivity index (χ2n) is 9.22. The number of aryl methyl sites for hydroxylation is 1. The molecule has 1 amide bonds. The number of hydrogen-bond donors (Lipinski definition) is 3. The maximum atomic E-state index is 14.1. The third kappa shape index (κ3) is 7.58. The highest BCUT2D eigenvalue weighted by Crippen LogP contribution is 2.24. The number of aromatic nitrogens is 1. The number of rotatable bonds is 11. The summed E-state index contributed by atoms with van der Waals surface area (Å²) < 4.78 is 33.0. The van der Waals surface area contributed by atoms with Crippen LogP contribution in [-0.4, -0.2) is 30.0 Å². The van der Waals surface area contributed by atoms with Gasteiger partial charge in [0.05, 0.1) is 24.8 Å². The molecule has 2 atom stereocenters. The maximum Gasteiger partial charge on any atom is 0.308 e. The lowest BCUT2D eigenvalue weighted by Gasteiger charge is -2.23. The average Bonchev–Trinajstić information content (AvgIpc) is 2.90. The fourth-order valence-corrected chi connectivity index (χ4v) is 4.53. The van der Waals surface area contributed by atoms with E-state index >= 15 is 0 Å². The number of amides is 1. The number of nitrogens with zero attached hydrogens (tertiary/aromatic N) is 1. The van der Waals surface area contributed by atoms with E-state index in [-0.39, 0.29) is 25.4 Å². The van der Waals surface area contributed by atoms with Crippen LogP contribution < -0.4 is 16.0 Å². The first kappa shape index (κ1) is 27.2. The molecule has 200 valence electrons. The van der Waals surface area contributed by atoms with Crippen LogP contribution in [-0.2, 0) is 27.3 Å². The quantitative estimate of drug-likeness (QED) is 0.315. The normalized spacial score (nSPS) is 14.1. The van der Waals surface area contributed by atoms with E-state index in [1.165, 1.54) is 35.9 Å². The summed E-state index contributed by atoms with van der Waals surface area (Å²) >= 11 is 0. The molecule has 38 heavy (non-hydrogen) atoms. The Morgan fingerprint density at radius 1 is 1.00 bits per heavy atom. The van der Waals surface area contributed by atoms with Gasteiger partial charge in [-0.15, -0.1) is 0 Å². The molecular formula is C29H32F2N4O3. The van der Waals surface area contributed by atoms with Crippen LogP contribution in [0.15, 0.2) is 60.7 Å². The Hall–Kier alpha value is -3.85. The van der Waals surface area contributed by atoms with E-state index in [4.69, 9.17) is 4.74 Å². The molecule has 0 saturated heterocycles. The van der Waals surface area contributed by atoms with Crippen molar-refractivity contribution in [3.05, 3.63) is 94.7 Å². The summed E-state index contributed by atoms with van der Waals surface area (Å²) in [6.45, 7) is 3.12. The van der Waals surface area contributed by atoms with Gasteiger partial charge in [0.2, 0.25) is 5.91 Å². The van der Waals surface area contributed by atoms with Gasteiger partial charge in [-0.2, -0.15) is 0 Å². The molecule has 0 fully saturated rings. The summed E-state index contributed by atoms with van der Waals surface area (Å²) in [6, 6.07) is 14.5. The molecule has 0 radical (unpaired) electrons. The number of nitrogens with one attached hydrogen (secondary N) is 3. The predicted octanol–water partition coefficient (Wildman–Crippen LogP) is 4.75. The van der Waals surface area contributed by atoms with Crippen molar-refractivity contribution in [2.75, 3.05) is 18.5 Å². The van der Waals surface area contributed by atoms with Gasteiger partial charge in [0.1, 0.15) is 17.5 Å². The average molecular weight is 523 g/mol. The molecule has 3 aromatic rings. The van der Waals surface area contributed by atoms with Crippen molar-refractivity contribution in [1.29, 1.82) is 0 Å². The van der Waals surface area contributed by atoms with E-state index in [1.807, 2.05) is 12.1 Å². The van der Waals surface area contributed by atoms with Crippen LogP contribution in [0, 0.1) is 11.6 Å². The molecule has 0 spiro atoms. The third-order valence-electron chi connectivity index (χ3n) is 6.38. The van der Waals surface area contributed by atoms with E-state index in [1.54, 1.807) is 25.1 Å². The third-order valence-corrected chi connectivity index (χ3v) is 6.38. The lowest BCUT2D eigenvalue weighted by Crippen LogP contribution is -2.34. The highest BCUT2D eigenvalue weighted by molar-refractivity contribution is 5.79. The summed E-state index contributed by atoms with van der Waals surface area (Å²) in [4.78, 5) is 30.1. The van der Waals surface area contributed by atoms with Gasteiger partial charge in [-0.1, -0.05) is 30.3 Å². The van der Waals surface area contributed by atoms with Gasteiger partial charge in [-0.3, -0.25) is 9.59 Å². The van der Waals surface area contributed by atoms with Crippen molar-refractivity contribution < 1.29 is 23.1 Å². The topological polar surface area (TPSA) is 92.3 Å². The minimum Gasteiger partial charge on any atom is -0.466 e. The van der Waals surface area contributed by atoms with Gasteiger partial charge in [-0.25, -0.2) is 13.8 Å². The summed E-state index contributed by atoms with van der Waals surface area (Å²) in [5.74, 6) is -0.908. The molecule has 2 aromatic carbocycles. The second kappa shape index (κ2) is 13.1. The van der Waals surface area contributed by atoms with Gasteiger partial charge < -0.3 is 20.7 Å². The van der Waals surface area contributed by atoms with Gasteiger partial charge in [0, 0.05) is 25.6 Å². The van der Waals surface area contributed by atoms with Crippen LogP contribution in [0.5, 0.6) is 0 Å². The largest absolute Gasteiger partial charge is 0.466 e. The van der Waals surface area contributed by atoms with Crippen molar-refractivity contribution >= 4 is 17.7 Å². The number of benzene rings is 2. The minimum absolute atomic E-state index is 0.0404. The van der Waals surface area contributed by atoms with E-state index in [9.17, 15) is 18.4 Å². The van der Waals surface area contributed by atoms with Crippen molar-refractivity contribution in [2.24, 2.45) is 0 Å². The molecule has 1 aliphatic rings. The fraction of sp³-hybridized carbons (Fsp3) is 0.345. The zero-order chi connectivity index (χ0) is 26.9. The first-order valence-corrected chi connectivity index (χ1v) is 12.8. The fourth-order valence-electron chi connectivity index (χ4n) is 4.53. The number of fused-ring (bicyclic) bond motifs is 1. The van der Waals surface area contributed by atoms with Gasteiger partial charge in [0.25, 0.3) is 0 Å². The number of hydrogen-bond acceptors (Lipinski definition) is 6. The number of halogens is 2. The van der Waals surface area contributed by atoms with Gasteiger partial charge >= 0.3 is 5.97 Å². The van der Waals surface area contributed by atoms with Gasteiger partial charge in [0.15, 0.2) is 0 Å². The Morgan fingerprint density at radius 2 is 1.71 bits per heavy atom. The zero-order valence-electron chi connectivity index (χ0n) is 21.3. The molecule has 3 N–H and O–H groups in total. The minimum atomic E-state index is -0.779. The Balaban J connectivity index is 1.49. The van der Waals surface area contributed by atoms with Crippen LogP contribution in [0.3, 0.4) is 0 Å². The van der Waals surface area contributed by atoms with Gasteiger partial charge in [-0.05, 0) is 66.8 Å². The number of esters is 1. The van der Waals surface area contributed by atoms with Crippen molar-refractivity contribution in [1.82, 2.24) is 15.6 Å². The van der Waals surface area contributed by atoms with E-state index < -0.39 is 29.7 Å². The summed E-state index contributed by atoms with van der Waals surface area (Å²) in [6.07, 6.45) is 1.86. The molecule has 1 aromatic heterocycles. The van der Waals surface area contributed by atoms with Crippen LogP contribution in [0.25, 0.3) is 0 Å². The van der Waals surface area contributed by atoms with Crippen molar-refractivity contribution in [3.63, 3.8) is 0 Å². The molecule has 0 unspecified atom stereocenters. The van der Waals surface area contributed by atoms with Crippen molar-refractivity contribution in [2.45, 2.75) is 51.2 Å². The molecule has 7 nitrogen and oxygen atoms in total. The number of carbonyl (C=O) groups is 2. The molecule has 9 heteroatoms. The predicted molar refractivity (Wildman–Crippen MR) is 140 cm³/mol. The Bertz CT molecular complexity index is 1270. The van der Waals surface area contributed by atoms with Crippen molar-refractivity contribution in [3.8, 4) is 0 Å².